The van der Waals surface area contributed by atoms with Gasteiger partial charge < -0.3 is 5.32 Å². The molecule has 1 spiro atoms. The average molecular weight is 293 g/mol. The topological polar surface area (TPSA) is 12.0 Å². The van der Waals surface area contributed by atoms with Crippen molar-refractivity contribution in [1.82, 2.24) is 5.32 Å². The second-order valence-electron chi connectivity index (χ2n) is 7.14. The smallest absolute Gasteiger partial charge is 0.129 e. The fourth-order valence-electron chi connectivity index (χ4n) is 4.70. The van der Waals surface area contributed by atoms with Gasteiger partial charge in [-0.3, -0.25) is 0 Å². The molecule has 0 saturated heterocycles. The summed E-state index contributed by atoms with van der Waals surface area (Å²) in [4.78, 5) is 0. The van der Waals surface area contributed by atoms with Crippen molar-refractivity contribution < 1.29 is 8.78 Å². The average Bonchev–Trinajstić information content (AvgIpc) is 2.87. The first-order valence-electron chi connectivity index (χ1n) is 8.26. The van der Waals surface area contributed by atoms with E-state index in [1.54, 1.807) is 6.07 Å². The normalized spacial score (nSPS) is 22.4. The highest BCUT2D eigenvalue weighted by molar-refractivity contribution is 5.33. The molecule has 1 aromatic rings. The molecular formula is C18H25F2N. The molecule has 0 unspecified atom stereocenters. The van der Waals surface area contributed by atoms with Crippen LogP contribution in [0.2, 0.25) is 0 Å². The summed E-state index contributed by atoms with van der Waals surface area (Å²) in [6, 6.07) is 4.11. The molecule has 1 nitrogen and oxygen atoms in total. The SMILES string of the molecule is CCCNCC1(c2ccc(F)cc2F)CC2(CCCC2)C1. The van der Waals surface area contributed by atoms with Gasteiger partial charge in [-0.2, -0.15) is 0 Å². The third kappa shape index (κ3) is 2.73. The molecule has 2 saturated carbocycles. The second-order valence-corrected chi connectivity index (χ2v) is 7.14. The van der Waals surface area contributed by atoms with Gasteiger partial charge in [-0.25, -0.2) is 8.78 Å². The van der Waals surface area contributed by atoms with E-state index >= 15 is 0 Å². The Bertz CT molecular complexity index is 498. The van der Waals surface area contributed by atoms with E-state index in [4.69, 9.17) is 0 Å². The van der Waals surface area contributed by atoms with Crippen LogP contribution in [-0.4, -0.2) is 13.1 Å². The number of nitrogens with one attached hydrogen (secondary N) is 1. The minimum Gasteiger partial charge on any atom is -0.316 e. The summed E-state index contributed by atoms with van der Waals surface area (Å²) in [5.74, 6) is -0.857. The Morgan fingerprint density at radius 3 is 2.48 bits per heavy atom. The van der Waals surface area contributed by atoms with Crippen LogP contribution < -0.4 is 5.32 Å². The van der Waals surface area contributed by atoms with Gasteiger partial charge >= 0.3 is 0 Å². The van der Waals surface area contributed by atoms with Crippen molar-refractivity contribution >= 4 is 0 Å². The van der Waals surface area contributed by atoms with Gasteiger partial charge in [-0.05, 0) is 55.7 Å². The van der Waals surface area contributed by atoms with Crippen LogP contribution in [0.5, 0.6) is 0 Å². The van der Waals surface area contributed by atoms with Crippen molar-refractivity contribution in [3.63, 3.8) is 0 Å². The number of rotatable bonds is 5. The van der Waals surface area contributed by atoms with Crippen LogP contribution >= 0.6 is 0 Å². The minimum absolute atomic E-state index is 0.128. The highest BCUT2D eigenvalue weighted by Gasteiger charge is 2.56. The first kappa shape index (κ1) is 15.0. The number of benzene rings is 1. The lowest BCUT2D eigenvalue weighted by atomic mass is 9.49. The van der Waals surface area contributed by atoms with Gasteiger partial charge in [0.25, 0.3) is 0 Å². The molecule has 0 bridgehead atoms. The lowest BCUT2D eigenvalue weighted by Gasteiger charge is -2.56. The maximum atomic E-state index is 14.3. The van der Waals surface area contributed by atoms with E-state index < -0.39 is 5.82 Å². The molecule has 0 heterocycles. The molecule has 1 N–H and O–H groups in total. The van der Waals surface area contributed by atoms with Gasteiger partial charge in [-0.1, -0.05) is 25.8 Å². The van der Waals surface area contributed by atoms with Crippen molar-refractivity contribution in [2.45, 2.75) is 57.3 Å². The molecule has 3 rings (SSSR count). The summed E-state index contributed by atoms with van der Waals surface area (Å²) in [6.07, 6.45) is 8.37. The van der Waals surface area contributed by atoms with Gasteiger partial charge in [0.2, 0.25) is 0 Å². The van der Waals surface area contributed by atoms with Gasteiger partial charge in [0.1, 0.15) is 11.6 Å². The Labute approximate surface area is 126 Å². The van der Waals surface area contributed by atoms with Crippen LogP contribution in [0.1, 0.15) is 57.4 Å². The molecule has 21 heavy (non-hydrogen) atoms. The molecule has 1 aromatic carbocycles. The maximum Gasteiger partial charge on any atom is 0.129 e. The molecule has 0 aliphatic heterocycles. The van der Waals surface area contributed by atoms with E-state index in [2.05, 4.69) is 12.2 Å². The van der Waals surface area contributed by atoms with Gasteiger partial charge in [0, 0.05) is 18.0 Å². The van der Waals surface area contributed by atoms with Crippen LogP contribution in [0.4, 0.5) is 8.78 Å². The Morgan fingerprint density at radius 2 is 1.86 bits per heavy atom. The molecule has 2 aliphatic carbocycles. The predicted octanol–water partition coefficient (Wildman–Crippen LogP) is 4.56. The fourth-order valence-corrected chi connectivity index (χ4v) is 4.70. The van der Waals surface area contributed by atoms with Crippen molar-refractivity contribution in [3.8, 4) is 0 Å². The summed E-state index contributed by atoms with van der Waals surface area (Å²) in [5.41, 5.74) is 1.02. The van der Waals surface area contributed by atoms with Crippen LogP contribution in [0.3, 0.4) is 0 Å². The molecule has 0 atom stereocenters. The second kappa shape index (κ2) is 5.68. The number of hydrogen-bond donors (Lipinski definition) is 1. The number of halogens is 2. The third-order valence-electron chi connectivity index (χ3n) is 5.48. The van der Waals surface area contributed by atoms with E-state index in [0.29, 0.717) is 11.0 Å². The summed E-state index contributed by atoms with van der Waals surface area (Å²) < 4.78 is 27.5. The lowest BCUT2D eigenvalue weighted by molar-refractivity contribution is 0.0247. The summed E-state index contributed by atoms with van der Waals surface area (Å²) in [6.45, 7) is 3.90. The van der Waals surface area contributed by atoms with Crippen LogP contribution in [0.25, 0.3) is 0 Å². The monoisotopic (exact) mass is 293 g/mol. The van der Waals surface area contributed by atoms with E-state index in [0.717, 1.165) is 38.4 Å². The first-order valence-corrected chi connectivity index (χ1v) is 8.26. The molecule has 0 radical (unpaired) electrons. The van der Waals surface area contributed by atoms with Crippen LogP contribution in [0.15, 0.2) is 18.2 Å². The minimum atomic E-state index is -0.483. The highest BCUT2D eigenvalue weighted by atomic mass is 19.1. The summed E-state index contributed by atoms with van der Waals surface area (Å²) in [7, 11) is 0. The Hall–Kier alpha value is -0.960. The van der Waals surface area contributed by atoms with Gasteiger partial charge in [-0.15, -0.1) is 0 Å². The summed E-state index contributed by atoms with van der Waals surface area (Å²) in [5, 5.41) is 3.46. The van der Waals surface area contributed by atoms with Crippen molar-refractivity contribution in [2.24, 2.45) is 5.41 Å². The van der Waals surface area contributed by atoms with E-state index in [1.807, 2.05) is 0 Å². The summed E-state index contributed by atoms with van der Waals surface area (Å²) >= 11 is 0. The predicted molar refractivity (Wildman–Crippen MR) is 81.3 cm³/mol. The van der Waals surface area contributed by atoms with Crippen LogP contribution in [0, 0.1) is 17.0 Å². The first-order chi connectivity index (χ1) is 10.1. The maximum absolute atomic E-state index is 14.3. The zero-order valence-corrected chi connectivity index (χ0v) is 12.9. The van der Waals surface area contributed by atoms with Gasteiger partial charge in [0.05, 0.1) is 0 Å². The van der Waals surface area contributed by atoms with E-state index in [-0.39, 0.29) is 11.2 Å². The molecular weight excluding hydrogens is 268 g/mol. The Morgan fingerprint density at radius 1 is 1.14 bits per heavy atom. The van der Waals surface area contributed by atoms with Crippen LogP contribution in [-0.2, 0) is 5.41 Å². The zero-order valence-electron chi connectivity index (χ0n) is 12.9. The Kier molecular flexibility index (Phi) is 4.04. The molecule has 2 fully saturated rings. The highest BCUT2D eigenvalue weighted by Crippen LogP contribution is 2.63. The van der Waals surface area contributed by atoms with E-state index in [1.165, 1.54) is 31.7 Å². The Balaban J connectivity index is 1.83. The molecule has 3 heteroatoms. The molecule has 0 aromatic heterocycles. The van der Waals surface area contributed by atoms with Gasteiger partial charge in [0.15, 0.2) is 0 Å². The molecule has 0 amide bonds. The third-order valence-corrected chi connectivity index (χ3v) is 5.48. The lowest BCUT2D eigenvalue weighted by Crippen LogP contribution is -2.54. The van der Waals surface area contributed by atoms with Crippen molar-refractivity contribution in [3.05, 3.63) is 35.4 Å². The number of hydrogen-bond acceptors (Lipinski definition) is 1. The van der Waals surface area contributed by atoms with Crippen molar-refractivity contribution in [1.29, 1.82) is 0 Å². The largest absolute Gasteiger partial charge is 0.316 e. The molecule has 2 aliphatic rings. The standard InChI is InChI=1S/C18H25F2N/c1-2-9-21-13-18(11-17(12-18)7-3-4-8-17)15-6-5-14(19)10-16(15)20/h5-6,10,21H,2-4,7-9,11-13H2,1H3. The zero-order chi connectivity index (χ0) is 14.9. The van der Waals surface area contributed by atoms with E-state index in [9.17, 15) is 8.78 Å². The quantitative estimate of drug-likeness (QED) is 0.785. The fraction of sp³-hybridized carbons (Fsp3) is 0.667. The molecule has 116 valence electrons. The van der Waals surface area contributed by atoms with Crippen molar-refractivity contribution in [2.75, 3.05) is 13.1 Å².